The molecule has 20 heavy (non-hydrogen) atoms. The highest BCUT2D eigenvalue weighted by Crippen LogP contribution is 2.30. The third-order valence-electron chi connectivity index (χ3n) is 4.04. The van der Waals surface area contributed by atoms with Crippen LogP contribution in [0.1, 0.15) is 54.4 Å². The minimum Gasteiger partial charge on any atom is -0.389 e. The lowest BCUT2D eigenvalue weighted by Gasteiger charge is -2.46. The molecule has 1 fully saturated rings. The molecule has 1 atom stereocenters. The molecule has 0 amide bonds. The number of hydrogen-bond donors (Lipinski definition) is 2. The van der Waals surface area contributed by atoms with Gasteiger partial charge in [0, 0.05) is 17.6 Å². The molecule has 4 nitrogen and oxygen atoms in total. The summed E-state index contributed by atoms with van der Waals surface area (Å²) < 4.78 is 5.99. The summed E-state index contributed by atoms with van der Waals surface area (Å²) in [6, 6.07) is 0. The van der Waals surface area contributed by atoms with E-state index in [1.54, 1.807) is 0 Å². The van der Waals surface area contributed by atoms with Gasteiger partial charge in [-0.1, -0.05) is 13.8 Å². The topological polar surface area (TPSA) is 44.7 Å². The lowest BCUT2D eigenvalue weighted by molar-refractivity contribution is -0.0598. The smallest absolute Gasteiger partial charge is 0.0900 e. The van der Waals surface area contributed by atoms with Crippen LogP contribution < -0.4 is 5.32 Å². The molecule has 0 bridgehead atoms. The molecule has 0 aromatic rings. The van der Waals surface area contributed by atoms with E-state index in [2.05, 4.69) is 51.8 Å². The minimum absolute atomic E-state index is 0.0935. The van der Waals surface area contributed by atoms with Crippen molar-refractivity contribution in [2.75, 3.05) is 26.2 Å². The molecule has 1 rings (SSSR count). The summed E-state index contributed by atoms with van der Waals surface area (Å²) in [4.78, 5) is 2.23. The van der Waals surface area contributed by atoms with Gasteiger partial charge in [-0.2, -0.15) is 0 Å². The molecule has 1 unspecified atom stereocenters. The molecule has 1 aliphatic heterocycles. The zero-order valence-electron chi connectivity index (χ0n) is 14.2. The van der Waals surface area contributed by atoms with Gasteiger partial charge in [0.1, 0.15) is 0 Å². The van der Waals surface area contributed by atoms with Crippen molar-refractivity contribution in [1.82, 2.24) is 10.2 Å². The highest BCUT2D eigenvalue weighted by atomic mass is 16.5. The van der Waals surface area contributed by atoms with Crippen molar-refractivity contribution < 1.29 is 9.84 Å². The first-order valence-corrected chi connectivity index (χ1v) is 7.99. The summed E-state index contributed by atoms with van der Waals surface area (Å²) in [5, 5.41) is 13.7. The highest BCUT2D eigenvalue weighted by molar-refractivity contribution is 4.97. The highest BCUT2D eigenvalue weighted by Gasteiger charge is 2.38. The Hall–Kier alpha value is -0.160. The standard InChI is InChI=1S/C16H34N2O2/c1-7-18(8-2)11-13(19)12-20-14-9-15(3,4)17-16(5,6)10-14/h13-14,17,19H,7-12H2,1-6H3. The second kappa shape index (κ2) is 7.21. The molecule has 1 heterocycles. The Morgan fingerprint density at radius 2 is 1.65 bits per heavy atom. The van der Waals surface area contributed by atoms with Crippen molar-refractivity contribution in [3.8, 4) is 0 Å². The fourth-order valence-corrected chi connectivity index (χ4v) is 3.43. The van der Waals surface area contributed by atoms with Crippen molar-refractivity contribution in [2.24, 2.45) is 0 Å². The van der Waals surface area contributed by atoms with Crippen LogP contribution in [0, 0.1) is 0 Å². The zero-order chi connectivity index (χ0) is 15.4. The van der Waals surface area contributed by atoms with E-state index in [4.69, 9.17) is 4.74 Å². The van der Waals surface area contributed by atoms with E-state index >= 15 is 0 Å². The first-order valence-electron chi connectivity index (χ1n) is 7.99. The van der Waals surface area contributed by atoms with Gasteiger partial charge in [0.15, 0.2) is 0 Å². The third kappa shape index (κ3) is 6.08. The Kier molecular flexibility index (Phi) is 6.45. The van der Waals surface area contributed by atoms with E-state index in [0.29, 0.717) is 13.2 Å². The molecule has 0 saturated carbocycles. The SMILES string of the molecule is CCN(CC)CC(O)COC1CC(C)(C)NC(C)(C)C1. The van der Waals surface area contributed by atoms with Crippen molar-refractivity contribution in [3.63, 3.8) is 0 Å². The minimum atomic E-state index is -0.393. The van der Waals surface area contributed by atoms with Crippen LogP contribution in [0.2, 0.25) is 0 Å². The average molecular weight is 286 g/mol. The quantitative estimate of drug-likeness (QED) is 0.751. The number of piperidine rings is 1. The molecular formula is C16H34N2O2. The molecule has 0 radical (unpaired) electrons. The molecule has 1 aliphatic rings. The van der Waals surface area contributed by atoms with E-state index in [0.717, 1.165) is 25.9 Å². The molecule has 0 aromatic heterocycles. The number of nitrogens with zero attached hydrogens (tertiary/aromatic N) is 1. The maximum absolute atomic E-state index is 10.1. The maximum atomic E-state index is 10.1. The van der Waals surface area contributed by atoms with Gasteiger partial charge < -0.3 is 20.1 Å². The molecule has 0 spiro atoms. The summed E-state index contributed by atoms with van der Waals surface area (Å²) in [7, 11) is 0. The van der Waals surface area contributed by atoms with Crippen molar-refractivity contribution >= 4 is 0 Å². The van der Waals surface area contributed by atoms with Gasteiger partial charge in [-0.25, -0.2) is 0 Å². The molecule has 1 saturated heterocycles. The van der Waals surface area contributed by atoms with Gasteiger partial charge >= 0.3 is 0 Å². The summed E-state index contributed by atoms with van der Waals surface area (Å²) in [5.74, 6) is 0. The van der Waals surface area contributed by atoms with Crippen LogP contribution in [-0.4, -0.2) is 59.5 Å². The predicted octanol–water partition coefficient (Wildman–Crippen LogP) is 2.01. The average Bonchev–Trinajstić information content (AvgIpc) is 2.29. The Bertz CT molecular complexity index is 272. The zero-order valence-corrected chi connectivity index (χ0v) is 14.2. The number of rotatable bonds is 7. The van der Waals surface area contributed by atoms with E-state index in [1.807, 2.05) is 0 Å². The number of aliphatic hydroxyl groups is 1. The Morgan fingerprint density at radius 1 is 1.15 bits per heavy atom. The van der Waals surface area contributed by atoms with E-state index < -0.39 is 6.10 Å². The van der Waals surface area contributed by atoms with E-state index in [1.165, 1.54) is 0 Å². The fraction of sp³-hybridized carbons (Fsp3) is 1.00. The number of likely N-dealkylation sites (N-methyl/N-ethyl adjacent to an activating group) is 1. The predicted molar refractivity (Wildman–Crippen MR) is 84.1 cm³/mol. The van der Waals surface area contributed by atoms with Crippen LogP contribution in [0.3, 0.4) is 0 Å². The maximum Gasteiger partial charge on any atom is 0.0900 e. The lowest BCUT2D eigenvalue weighted by Crippen LogP contribution is -2.59. The summed E-state index contributed by atoms with van der Waals surface area (Å²) >= 11 is 0. The van der Waals surface area contributed by atoms with Crippen LogP contribution in [0.25, 0.3) is 0 Å². The summed E-state index contributed by atoms with van der Waals surface area (Å²) in [5.41, 5.74) is 0.187. The number of nitrogens with one attached hydrogen (secondary N) is 1. The summed E-state index contributed by atoms with van der Waals surface area (Å²) in [6.07, 6.45) is 1.83. The second-order valence-corrected chi connectivity index (χ2v) is 7.40. The first kappa shape index (κ1) is 17.9. The molecule has 0 aliphatic carbocycles. The van der Waals surface area contributed by atoms with Crippen molar-refractivity contribution in [2.45, 2.75) is 77.7 Å². The van der Waals surface area contributed by atoms with Crippen LogP contribution in [0.5, 0.6) is 0 Å². The largest absolute Gasteiger partial charge is 0.389 e. The summed E-state index contributed by atoms with van der Waals surface area (Å²) in [6.45, 7) is 16.2. The van der Waals surface area contributed by atoms with Crippen molar-refractivity contribution in [3.05, 3.63) is 0 Å². The van der Waals surface area contributed by atoms with Crippen LogP contribution in [0.4, 0.5) is 0 Å². The Labute approximate surface area is 124 Å². The molecule has 4 heteroatoms. The molecule has 2 N–H and O–H groups in total. The van der Waals surface area contributed by atoms with Gasteiger partial charge in [0.2, 0.25) is 0 Å². The first-order chi connectivity index (χ1) is 9.17. The molecule has 120 valence electrons. The van der Waals surface area contributed by atoms with Crippen LogP contribution in [-0.2, 0) is 4.74 Å². The van der Waals surface area contributed by atoms with Gasteiger partial charge in [-0.05, 0) is 53.6 Å². The van der Waals surface area contributed by atoms with Gasteiger partial charge in [0.25, 0.3) is 0 Å². The number of aliphatic hydroxyl groups excluding tert-OH is 1. The van der Waals surface area contributed by atoms with E-state index in [-0.39, 0.29) is 17.2 Å². The van der Waals surface area contributed by atoms with E-state index in [9.17, 15) is 5.11 Å². The van der Waals surface area contributed by atoms with Gasteiger partial charge in [-0.3, -0.25) is 0 Å². The van der Waals surface area contributed by atoms with Crippen LogP contribution >= 0.6 is 0 Å². The molecule has 0 aromatic carbocycles. The lowest BCUT2D eigenvalue weighted by atomic mass is 9.81. The van der Waals surface area contributed by atoms with Gasteiger partial charge in [-0.15, -0.1) is 0 Å². The second-order valence-electron chi connectivity index (χ2n) is 7.40. The number of hydrogen-bond acceptors (Lipinski definition) is 4. The molecular weight excluding hydrogens is 252 g/mol. The van der Waals surface area contributed by atoms with Crippen LogP contribution in [0.15, 0.2) is 0 Å². The third-order valence-corrected chi connectivity index (χ3v) is 4.04. The Balaban J connectivity index is 2.40. The Morgan fingerprint density at radius 3 is 2.10 bits per heavy atom. The fourth-order valence-electron chi connectivity index (χ4n) is 3.43. The van der Waals surface area contributed by atoms with Crippen molar-refractivity contribution in [1.29, 1.82) is 0 Å². The number of ether oxygens (including phenoxy) is 1. The van der Waals surface area contributed by atoms with Gasteiger partial charge in [0.05, 0.1) is 18.8 Å². The normalized spacial score (nSPS) is 24.0. The monoisotopic (exact) mass is 286 g/mol.